The van der Waals surface area contributed by atoms with E-state index in [0.29, 0.717) is 5.41 Å². The maximum Gasteiger partial charge on any atom is 0.0149 e. The van der Waals surface area contributed by atoms with Crippen LogP contribution < -0.4 is 5.32 Å². The van der Waals surface area contributed by atoms with E-state index in [1.54, 1.807) is 0 Å². The topological polar surface area (TPSA) is 15.3 Å². The fourth-order valence-electron chi connectivity index (χ4n) is 3.21. The van der Waals surface area contributed by atoms with Gasteiger partial charge in [-0.3, -0.25) is 0 Å². The molecule has 3 atom stereocenters. The van der Waals surface area contributed by atoms with Crippen LogP contribution in [-0.2, 0) is 0 Å². The Labute approximate surface area is 118 Å². The van der Waals surface area contributed by atoms with E-state index in [1.165, 1.54) is 32.5 Å². The summed E-state index contributed by atoms with van der Waals surface area (Å²) in [6.45, 7) is 17.7. The van der Waals surface area contributed by atoms with Gasteiger partial charge in [0.25, 0.3) is 0 Å². The number of thioether (sulfide) groups is 1. The van der Waals surface area contributed by atoms with E-state index in [0.717, 1.165) is 23.6 Å². The molecule has 1 aliphatic heterocycles. The van der Waals surface area contributed by atoms with Crippen LogP contribution in [0.2, 0.25) is 0 Å². The minimum Gasteiger partial charge on any atom is -0.316 e. The normalized spacial score (nSPS) is 29.2. The van der Waals surface area contributed by atoms with Gasteiger partial charge in [-0.2, -0.15) is 11.8 Å². The summed E-state index contributed by atoms with van der Waals surface area (Å²) in [5.74, 6) is 0. The molecule has 0 aliphatic carbocycles. The maximum atomic E-state index is 3.55. The molecule has 0 radical (unpaired) electrons. The molecule has 1 heterocycles. The van der Waals surface area contributed by atoms with E-state index in [-0.39, 0.29) is 0 Å². The van der Waals surface area contributed by atoms with Crippen molar-refractivity contribution in [1.29, 1.82) is 0 Å². The summed E-state index contributed by atoms with van der Waals surface area (Å²) >= 11 is 2.14. The molecule has 0 aromatic carbocycles. The molecule has 1 aliphatic rings. The second-order valence-electron chi connectivity index (χ2n) is 6.29. The zero-order valence-corrected chi connectivity index (χ0v) is 13.8. The summed E-state index contributed by atoms with van der Waals surface area (Å²) in [6, 6.07) is 0. The van der Waals surface area contributed by atoms with Gasteiger partial charge in [0, 0.05) is 36.7 Å². The molecule has 0 amide bonds. The van der Waals surface area contributed by atoms with Crippen LogP contribution >= 0.6 is 11.8 Å². The third-order valence-electron chi connectivity index (χ3n) is 3.76. The molecule has 0 bridgehead atoms. The Balaban J connectivity index is 2.53. The monoisotopic (exact) mass is 272 g/mol. The van der Waals surface area contributed by atoms with Crippen LogP contribution in [0.1, 0.15) is 47.5 Å². The van der Waals surface area contributed by atoms with Crippen molar-refractivity contribution in [3.8, 4) is 0 Å². The first-order valence-electron chi connectivity index (χ1n) is 7.57. The molecular formula is C15H32N2S. The van der Waals surface area contributed by atoms with E-state index in [1.807, 2.05) is 0 Å². The molecule has 3 unspecified atom stereocenters. The Bertz CT molecular complexity index is 225. The van der Waals surface area contributed by atoms with Gasteiger partial charge in [0.15, 0.2) is 0 Å². The predicted molar refractivity (Wildman–Crippen MR) is 84.5 cm³/mol. The molecule has 18 heavy (non-hydrogen) atoms. The van der Waals surface area contributed by atoms with Gasteiger partial charge >= 0.3 is 0 Å². The molecule has 1 N–H and O–H groups in total. The summed E-state index contributed by atoms with van der Waals surface area (Å²) in [4.78, 5) is 2.69. The zero-order valence-electron chi connectivity index (χ0n) is 13.0. The van der Waals surface area contributed by atoms with Crippen LogP contribution in [0.25, 0.3) is 0 Å². The van der Waals surface area contributed by atoms with Crippen molar-refractivity contribution in [2.24, 2.45) is 5.41 Å². The summed E-state index contributed by atoms with van der Waals surface area (Å²) in [5.41, 5.74) is 0.437. The van der Waals surface area contributed by atoms with Gasteiger partial charge in [-0.1, -0.05) is 41.0 Å². The van der Waals surface area contributed by atoms with E-state index in [9.17, 15) is 0 Å². The van der Waals surface area contributed by atoms with E-state index < -0.39 is 0 Å². The highest BCUT2D eigenvalue weighted by Gasteiger charge is 2.30. The van der Waals surface area contributed by atoms with Gasteiger partial charge in [0.05, 0.1) is 0 Å². The second-order valence-corrected chi connectivity index (χ2v) is 8.17. The average molecular weight is 273 g/mol. The molecular weight excluding hydrogens is 240 g/mol. The Kier molecular flexibility index (Phi) is 7.04. The third-order valence-corrected chi connectivity index (χ3v) is 4.98. The van der Waals surface area contributed by atoms with Crippen molar-refractivity contribution in [2.45, 2.75) is 58.0 Å². The minimum atomic E-state index is 0.437. The van der Waals surface area contributed by atoms with Gasteiger partial charge in [0.2, 0.25) is 0 Å². The highest BCUT2D eigenvalue weighted by Crippen LogP contribution is 2.29. The van der Waals surface area contributed by atoms with Gasteiger partial charge in [0.1, 0.15) is 0 Å². The van der Waals surface area contributed by atoms with Crippen LogP contribution in [0, 0.1) is 5.41 Å². The fraction of sp³-hybridized carbons (Fsp3) is 1.00. The first kappa shape index (κ1) is 16.3. The Morgan fingerprint density at radius 3 is 2.33 bits per heavy atom. The molecule has 108 valence electrons. The largest absolute Gasteiger partial charge is 0.316 e. The lowest BCUT2D eigenvalue weighted by molar-refractivity contribution is 0.148. The van der Waals surface area contributed by atoms with Crippen molar-refractivity contribution in [2.75, 3.05) is 32.7 Å². The van der Waals surface area contributed by atoms with Crippen molar-refractivity contribution in [3.05, 3.63) is 0 Å². The van der Waals surface area contributed by atoms with E-state index >= 15 is 0 Å². The lowest BCUT2D eigenvalue weighted by atomic mass is 9.84. The number of rotatable bonds is 7. The standard InChI is InChI=1S/C15H32N2S/c1-6-8-15(5,11-16-7-2)12-17-9-13(3)18-14(4)10-17/h13-14,16H,6-12H2,1-5H3. The molecule has 0 spiro atoms. The second kappa shape index (κ2) is 7.76. The molecule has 1 rings (SSSR count). The molecule has 3 heteroatoms. The van der Waals surface area contributed by atoms with Gasteiger partial charge in [-0.25, -0.2) is 0 Å². The quantitative estimate of drug-likeness (QED) is 0.766. The van der Waals surface area contributed by atoms with Crippen LogP contribution in [0.5, 0.6) is 0 Å². The van der Waals surface area contributed by atoms with Crippen molar-refractivity contribution >= 4 is 11.8 Å². The number of hydrogen-bond acceptors (Lipinski definition) is 3. The van der Waals surface area contributed by atoms with Crippen molar-refractivity contribution in [1.82, 2.24) is 10.2 Å². The first-order chi connectivity index (χ1) is 8.49. The van der Waals surface area contributed by atoms with Crippen LogP contribution in [0.4, 0.5) is 0 Å². The number of nitrogens with one attached hydrogen (secondary N) is 1. The molecule has 2 nitrogen and oxygen atoms in total. The van der Waals surface area contributed by atoms with Gasteiger partial charge in [-0.15, -0.1) is 0 Å². The van der Waals surface area contributed by atoms with Crippen molar-refractivity contribution in [3.63, 3.8) is 0 Å². The van der Waals surface area contributed by atoms with Crippen LogP contribution in [0.3, 0.4) is 0 Å². The summed E-state index contributed by atoms with van der Waals surface area (Å²) in [5, 5.41) is 5.13. The molecule has 0 aromatic rings. The molecule has 0 aromatic heterocycles. The van der Waals surface area contributed by atoms with E-state index in [2.05, 4.69) is 56.6 Å². The van der Waals surface area contributed by atoms with Gasteiger partial charge in [-0.05, 0) is 18.4 Å². The highest BCUT2D eigenvalue weighted by atomic mass is 32.2. The average Bonchev–Trinajstić information content (AvgIpc) is 2.25. The van der Waals surface area contributed by atoms with Gasteiger partial charge < -0.3 is 10.2 Å². The Hall–Kier alpha value is 0.270. The smallest absolute Gasteiger partial charge is 0.0149 e. The molecule has 0 saturated carbocycles. The molecule has 1 fully saturated rings. The lowest BCUT2D eigenvalue weighted by Gasteiger charge is -2.41. The number of nitrogens with zero attached hydrogens (tertiary/aromatic N) is 1. The Morgan fingerprint density at radius 1 is 1.22 bits per heavy atom. The minimum absolute atomic E-state index is 0.437. The van der Waals surface area contributed by atoms with Crippen LogP contribution in [-0.4, -0.2) is 48.1 Å². The number of hydrogen-bond donors (Lipinski definition) is 1. The maximum absolute atomic E-state index is 3.55. The fourth-order valence-corrected chi connectivity index (χ4v) is 4.59. The van der Waals surface area contributed by atoms with Crippen LogP contribution in [0.15, 0.2) is 0 Å². The third kappa shape index (κ3) is 5.50. The van der Waals surface area contributed by atoms with Crippen molar-refractivity contribution < 1.29 is 0 Å². The Morgan fingerprint density at radius 2 is 1.83 bits per heavy atom. The highest BCUT2D eigenvalue weighted by molar-refractivity contribution is 8.00. The summed E-state index contributed by atoms with van der Waals surface area (Å²) in [7, 11) is 0. The SMILES string of the molecule is CCCC(C)(CNCC)CN1CC(C)SC(C)C1. The summed E-state index contributed by atoms with van der Waals surface area (Å²) < 4.78 is 0. The lowest BCUT2D eigenvalue weighted by Crippen LogP contribution is -2.48. The zero-order chi connectivity index (χ0) is 13.6. The predicted octanol–water partition coefficient (Wildman–Crippen LogP) is 3.23. The summed E-state index contributed by atoms with van der Waals surface area (Å²) in [6.07, 6.45) is 2.61. The van der Waals surface area contributed by atoms with E-state index in [4.69, 9.17) is 0 Å². The first-order valence-corrected chi connectivity index (χ1v) is 8.52. The molecule has 1 saturated heterocycles.